The third-order valence-electron chi connectivity index (χ3n) is 3.32. The van der Waals surface area contributed by atoms with E-state index in [4.69, 9.17) is 9.15 Å². The summed E-state index contributed by atoms with van der Waals surface area (Å²) in [5.74, 6) is 0.909. The summed E-state index contributed by atoms with van der Waals surface area (Å²) in [5, 5.41) is 0. The standard InChI is InChI=1S/C17H21NO3/c1-20-13-11-18(14-16-8-5-12-21-16)17(19)10-9-15-6-3-2-4-7-15/h2-8,12H,9-11,13-14H2,1H3. The molecule has 0 N–H and O–H groups in total. The van der Waals surface area contributed by atoms with Gasteiger partial charge in [-0.3, -0.25) is 4.79 Å². The van der Waals surface area contributed by atoms with Gasteiger partial charge in [0, 0.05) is 20.1 Å². The van der Waals surface area contributed by atoms with E-state index in [0.717, 1.165) is 12.2 Å². The van der Waals surface area contributed by atoms with Crippen molar-refractivity contribution in [1.29, 1.82) is 0 Å². The van der Waals surface area contributed by atoms with Crippen molar-refractivity contribution in [2.24, 2.45) is 0 Å². The van der Waals surface area contributed by atoms with E-state index in [9.17, 15) is 4.79 Å². The summed E-state index contributed by atoms with van der Waals surface area (Å²) in [6, 6.07) is 13.8. The summed E-state index contributed by atoms with van der Waals surface area (Å²) in [6.07, 6.45) is 2.87. The fourth-order valence-corrected chi connectivity index (χ4v) is 2.14. The number of ether oxygens (including phenoxy) is 1. The first-order valence-corrected chi connectivity index (χ1v) is 7.12. The fraction of sp³-hybridized carbons (Fsp3) is 0.353. The van der Waals surface area contributed by atoms with Gasteiger partial charge < -0.3 is 14.1 Å². The Kier molecular flexibility index (Phi) is 6.03. The predicted molar refractivity (Wildman–Crippen MR) is 80.8 cm³/mol. The quantitative estimate of drug-likeness (QED) is 0.749. The zero-order valence-corrected chi connectivity index (χ0v) is 12.3. The van der Waals surface area contributed by atoms with Crippen molar-refractivity contribution in [2.75, 3.05) is 20.3 Å². The molecule has 4 heteroatoms. The topological polar surface area (TPSA) is 42.7 Å². The average Bonchev–Trinajstić information content (AvgIpc) is 3.03. The number of nitrogens with zero attached hydrogens (tertiary/aromatic N) is 1. The van der Waals surface area contributed by atoms with Crippen LogP contribution >= 0.6 is 0 Å². The van der Waals surface area contributed by atoms with E-state index in [-0.39, 0.29) is 5.91 Å². The van der Waals surface area contributed by atoms with Crippen molar-refractivity contribution in [3.05, 3.63) is 60.1 Å². The van der Waals surface area contributed by atoms with Gasteiger partial charge >= 0.3 is 0 Å². The maximum Gasteiger partial charge on any atom is 0.223 e. The van der Waals surface area contributed by atoms with Crippen LogP contribution in [0, 0.1) is 0 Å². The summed E-state index contributed by atoms with van der Waals surface area (Å²) in [4.78, 5) is 14.2. The zero-order valence-electron chi connectivity index (χ0n) is 12.3. The van der Waals surface area contributed by atoms with Gasteiger partial charge in [0.05, 0.1) is 19.4 Å². The second kappa shape index (κ2) is 8.27. The molecule has 21 heavy (non-hydrogen) atoms. The number of benzene rings is 1. The molecule has 0 aliphatic heterocycles. The lowest BCUT2D eigenvalue weighted by Crippen LogP contribution is -2.33. The van der Waals surface area contributed by atoms with Gasteiger partial charge in [0.2, 0.25) is 5.91 Å². The highest BCUT2D eigenvalue weighted by atomic mass is 16.5. The van der Waals surface area contributed by atoms with Crippen LogP contribution in [0.25, 0.3) is 0 Å². The monoisotopic (exact) mass is 287 g/mol. The predicted octanol–water partition coefficient (Wildman–Crippen LogP) is 2.89. The van der Waals surface area contributed by atoms with Crippen LogP contribution in [-0.4, -0.2) is 31.1 Å². The van der Waals surface area contributed by atoms with Gasteiger partial charge in [-0.2, -0.15) is 0 Å². The van der Waals surface area contributed by atoms with Crippen LogP contribution in [0.3, 0.4) is 0 Å². The maximum atomic E-state index is 12.4. The largest absolute Gasteiger partial charge is 0.467 e. The summed E-state index contributed by atoms with van der Waals surface area (Å²) >= 11 is 0. The van der Waals surface area contributed by atoms with Crippen LogP contribution in [0.1, 0.15) is 17.7 Å². The first kappa shape index (κ1) is 15.3. The molecule has 0 atom stereocenters. The fourth-order valence-electron chi connectivity index (χ4n) is 2.14. The molecule has 2 aromatic rings. The summed E-state index contributed by atoms with van der Waals surface area (Å²) in [7, 11) is 1.64. The molecule has 0 saturated carbocycles. The molecule has 0 bridgehead atoms. The molecule has 0 aliphatic carbocycles. The number of methoxy groups -OCH3 is 1. The Morgan fingerprint density at radius 2 is 2.00 bits per heavy atom. The number of amides is 1. The Labute approximate surface area is 125 Å². The van der Waals surface area contributed by atoms with Gasteiger partial charge in [0.15, 0.2) is 0 Å². The number of aryl methyl sites for hydroxylation is 1. The second-order valence-corrected chi connectivity index (χ2v) is 4.87. The van der Waals surface area contributed by atoms with E-state index in [0.29, 0.717) is 26.1 Å². The third kappa shape index (κ3) is 5.08. The Hall–Kier alpha value is -2.07. The molecule has 2 rings (SSSR count). The minimum Gasteiger partial charge on any atom is -0.467 e. The van der Waals surface area contributed by atoms with E-state index in [2.05, 4.69) is 0 Å². The molecule has 0 aliphatic rings. The van der Waals surface area contributed by atoms with Crippen LogP contribution in [0.15, 0.2) is 53.1 Å². The van der Waals surface area contributed by atoms with Crippen LogP contribution in [0.5, 0.6) is 0 Å². The van der Waals surface area contributed by atoms with Gasteiger partial charge in [-0.25, -0.2) is 0 Å². The number of carbonyl (C=O) groups excluding carboxylic acids is 1. The minimum atomic E-state index is 0.118. The molecule has 1 heterocycles. The molecule has 1 aromatic heterocycles. The van der Waals surface area contributed by atoms with Crippen molar-refractivity contribution in [3.63, 3.8) is 0 Å². The van der Waals surface area contributed by atoms with Gasteiger partial charge in [0.1, 0.15) is 5.76 Å². The molecular weight excluding hydrogens is 266 g/mol. The van der Waals surface area contributed by atoms with Crippen LogP contribution in [0.4, 0.5) is 0 Å². The molecule has 4 nitrogen and oxygen atoms in total. The lowest BCUT2D eigenvalue weighted by atomic mass is 10.1. The van der Waals surface area contributed by atoms with Crippen LogP contribution in [-0.2, 0) is 22.5 Å². The molecule has 0 unspecified atom stereocenters. The normalized spacial score (nSPS) is 10.5. The number of hydrogen-bond acceptors (Lipinski definition) is 3. The highest BCUT2D eigenvalue weighted by Gasteiger charge is 2.15. The molecule has 0 saturated heterocycles. The average molecular weight is 287 g/mol. The van der Waals surface area contributed by atoms with Crippen molar-refractivity contribution in [2.45, 2.75) is 19.4 Å². The Morgan fingerprint density at radius 1 is 1.19 bits per heavy atom. The third-order valence-corrected chi connectivity index (χ3v) is 3.32. The second-order valence-electron chi connectivity index (χ2n) is 4.87. The first-order chi connectivity index (χ1) is 10.3. The van der Waals surface area contributed by atoms with Crippen molar-refractivity contribution < 1.29 is 13.9 Å². The van der Waals surface area contributed by atoms with E-state index >= 15 is 0 Å². The van der Waals surface area contributed by atoms with E-state index < -0.39 is 0 Å². The molecule has 0 fully saturated rings. The Morgan fingerprint density at radius 3 is 2.67 bits per heavy atom. The van der Waals surface area contributed by atoms with Crippen LogP contribution in [0.2, 0.25) is 0 Å². The minimum absolute atomic E-state index is 0.118. The smallest absolute Gasteiger partial charge is 0.223 e. The number of rotatable bonds is 8. The lowest BCUT2D eigenvalue weighted by molar-refractivity contribution is -0.132. The molecular formula is C17H21NO3. The summed E-state index contributed by atoms with van der Waals surface area (Å²) in [6.45, 7) is 1.59. The van der Waals surface area contributed by atoms with E-state index in [1.165, 1.54) is 5.56 Å². The molecule has 0 spiro atoms. The van der Waals surface area contributed by atoms with E-state index in [1.807, 2.05) is 42.5 Å². The number of carbonyl (C=O) groups is 1. The molecule has 112 valence electrons. The van der Waals surface area contributed by atoms with Gasteiger partial charge in [-0.1, -0.05) is 30.3 Å². The van der Waals surface area contributed by atoms with E-state index in [1.54, 1.807) is 18.3 Å². The van der Waals surface area contributed by atoms with Crippen molar-refractivity contribution in [1.82, 2.24) is 4.90 Å². The van der Waals surface area contributed by atoms with Gasteiger partial charge in [-0.15, -0.1) is 0 Å². The maximum absolute atomic E-state index is 12.4. The lowest BCUT2D eigenvalue weighted by Gasteiger charge is -2.21. The SMILES string of the molecule is COCCN(Cc1ccco1)C(=O)CCc1ccccc1. The number of furan rings is 1. The Balaban J connectivity index is 1.90. The highest BCUT2D eigenvalue weighted by molar-refractivity contribution is 5.76. The van der Waals surface area contributed by atoms with Crippen molar-refractivity contribution >= 4 is 5.91 Å². The van der Waals surface area contributed by atoms with Crippen LogP contribution < -0.4 is 0 Å². The molecule has 1 aromatic carbocycles. The first-order valence-electron chi connectivity index (χ1n) is 7.12. The Bertz CT molecular complexity index is 522. The van der Waals surface area contributed by atoms with Gasteiger partial charge in [0.25, 0.3) is 0 Å². The number of hydrogen-bond donors (Lipinski definition) is 0. The molecule has 0 radical (unpaired) electrons. The summed E-state index contributed by atoms with van der Waals surface area (Å²) in [5.41, 5.74) is 1.18. The summed E-state index contributed by atoms with van der Waals surface area (Å²) < 4.78 is 10.4. The van der Waals surface area contributed by atoms with Crippen molar-refractivity contribution in [3.8, 4) is 0 Å². The molecule has 1 amide bonds. The highest BCUT2D eigenvalue weighted by Crippen LogP contribution is 2.09. The zero-order chi connectivity index (χ0) is 14.9. The van der Waals surface area contributed by atoms with Gasteiger partial charge in [-0.05, 0) is 24.1 Å².